The molecule has 0 radical (unpaired) electrons. The van der Waals surface area contributed by atoms with Gasteiger partial charge in [-0.25, -0.2) is 0 Å². The molecule has 2 heterocycles. The van der Waals surface area contributed by atoms with Crippen molar-refractivity contribution in [1.29, 1.82) is 0 Å². The third kappa shape index (κ3) is 5.33. The highest BCUT2D eigenvalue weighted by Crippen LogP contribution is 2.34. The number of carboxylic acid groups (broad SMARTS) is 1. The number of aliphatic carboxylic acids is 1. The van der Waals surface area contributed by atoms with Crippen molar-refractivity contribution in [2.24, 2.45) is 0 Å². The number of aromatic hydroxyl groups is 3. The summed E-state index contributed by atoms with van der Waals surface area (Å²) in [4.78, 5) is 35.1. The number of hydrogen-bond donors (Lipinski definition) is 7. The Morgan fingerprint density at radius 3 is 2.34 bits per heavy atom. The van der Waals surface area contributed by atoms with E-state index in [1.54, 1.807) is 0 Å². The maximum absolute atomic E-state index is 13.0. The highest BCUT2D eigenvalue weighted by Gasteiger charge is 2.45. The molecule has 14 heteroatoms. The number of aliphatic hydroxyl groups excluding tert-OH is 3. The average molecular weight is 534 g/mol. The van der Waals surface area contributed by atoms with Crippen LogP contribution >= 0.6 is 0 Å². The van der Waals surface area contributed by atoms with Gasteiger partial charge in [-0.2, -0.15) is 0 Å². The first-order valence-corrected chi connectivity index (χ1v) is 11.0. The van der Waals surface area contributed by atoms with E-state index in [2.05, 4.69) is 0 Å². The molecule has 0 bridgehead atoms. The normalized spacial score (nSPS) is 23.2. The summed E-state index contributed by atoms with van der Waals surface area (Å²) in [6.07, 6.45) is -8.27. The molecule has 5 atom stereocenters. The fourth-order valence-corrected chi connectivity index (χ4v) is 3.80. The molecule has 0 aliphatic carbocycles. The molecule has 2 aromatic carbocycles. The Kier molecular flexibility index (Phi) is 7.41. The lowest BCUT2D eigenvalue weighted by Gasteiger charge is -2.39. The fourth-order valence-electron chi connectivity index (χ4n) is 3.80. The van der Waals surface area contributed by atoms with E-state index in [9.17, 15) is 45.0 Å². The number of carboxylic acids is 1. The molecule has 14 nitrogen and oxygen atoms in total. The van der Waals surface area contributed by atoms with Crippen LogP contribution in [0.4, 0.5) is 0 Å². The second kappa shape index (κ2) is 10.5. The van der Waals surface area contributed by atoms with Crippen LogP contribution in [-0.4, -0.2) is 85.0 Å². The Balaban J connectivity index is 1.57. The lowest BCUT2D eigenvalue weighted by atomic mass is 9.99. The Hall–Kier alpha value is -4.37. The molecule has 0 saturated carbocycles. The molecule has 1 aliphatic heterocycles. The molecule has 3 aromatic rings. The summed E-state index contributed by atoms with van der Waals surface area (Å²) in [7, 11) is 0. The van der Waals surface area contributed by atoms with Crippen LogP contribution in [0, 0.1) is 0 Å². The number of phenolic OH excluding ortho intramolecular Hbond substituents is 3. The first-order valence-electron chi connectivity index (χ1n) is 11.0. The third-order valence-corrected chi connectivity index (χ3v) is 5.74. The van der Waals surface area contributed by atoms with Crippen LogP contribution < -0.4 is 10.2 Å². The minimum atomic E-state index is -1.81. The summed E-state index contributed by atoms with van der Waals surface area (Å²) in [6.45, 7) is -0.662. The number of ether oxygens (including phenoxy) is 3. The van der Waals surface area contributed by atoms with E-state index in [0.29, 0.717) is 0 Å². The highest BCUT2D eigenvalue weighted by molar-refractivity contribution is 5.90. The van der Waals surface area contributed by atoms with Crippen LogP contribution in [0.25, 0.3) is 22.1 Å². The number of carbonyl (C=O) groups is 2. The van der Waals surface area contributed by atoms with Crippen LogP contribution in [-0.2, 0) is 19.1 Å². The molecule has 7 N–H and O–H groups in total. The van der Waals surface area contributed by atoms with Gasteiger partial charge < -0.3 is 54.4 Å². The molecule has 0 spiro atoms. The molecule has 1 aromatic heterocycles. The number of rotatable bonds is 7. The quantitative estimate of drug-likeness (QED) is 0.118. The lowest BCUT2D eigenvalue weighted by Crippen LogP contribution is -2.60. The van der Waals surface area contributed by atoms with Crippen molar-refractivity contribution in [3.05, 3.63) is 46.8 Å². The molecule has 0 amide bonds. The van der Waals surface area contributed by atoms with Gasteiger partial charge in [-0.15, -0.1) is 0 Å². The van der Waals surface area contributed by atoms with Crippen molar-refractivity contribution in [2.75, 3.05) is 6.61 Å². The third-order valence-electron chi connectivity index (χ3n) is 5.74. The van der Waals surface area contributed by atoms with Gasteiger partial charge in [0.2, 0.25) is 11.7 Å². The lowest BCUT2D eigenvalue weighted by molar-refractivity contribution is -0.278. The summed E-state index contributed by atoms with van der Waals surface area (Å²) in [5.74, 6) is -4.18. The van der Waals surface area contributed by atoms with Crippen LogP contribution in [0.15, 0.2) is 45.8 Å². The van der Waals surface area contributed by atoms with E-state index < -0.39 is 78.3 Å². The van der Waals surface area contributed by atoms with Gasteiger partial charge in [0.15, 0.2) is 11.5 Å². The van der Waals surface area contributed by atoms with Crippen molar-refractivity contribution in [2.45, 2.75) is 37.1 Å². The zero-order valence-electron chi connectivity index (χ0n) is 19.3. The van der Waals surface area contributed by atoms with Crippen molar-refractivity contribution in [1.82, 2.24) is 0 Å². The van der Waals surface area contributed by atoms with Gasteiger partial charge in [-0.1, -0.05) is 6.07 Å². The zero-order chi connectivity index (χ0) is 27.7. The minimum Gasteiger partial charge on any atom is -0.507 e. The van der Waals surface area contributed by atoms with E-state index in [1.807, 2.05) is 0 Å². The molecule has 202 valence electrons. The van der Waals surface area contributed by atoms with Gasteiger partial charge in [-0.05, 0) is 17.7 Å². The summed E-state index contributed by atoms with van der Waals surface area (Å²) >= 11 is 0. The molecule has 1 fully saturated rings. The van der Waals surface area contributed by atoms with E-state index in [4.69, 9.17) is 23.7 Å². The standard InChI is InChI=1S/C24H22O14/c25-12-2-1-9(3-13(12)26)11-7-35-15-5-10(4-14(27)19(15)20(11)31)37-24-23(34)22(33)21(32)16(38-24)8-36-18(30)6-17(28)29/h1-5,7,16,21-27,32-34H,6,8H2,(H,28,29). The first-order chi connectivity index (χ1) is 18.0. The summed E-state index contributed by atoms with van der Waals surface area (Å²) in [6, 6.07) is 5.86. The molecule has 5 unspecified atom stereocenters. The van der Waals surface area contributed by atoms with E-state index in [1.165, 1.54) is 18.2 Å². The fraction of sp³-hybridized carbons (Fsp3) is 0.292. The van der Waals surface area contributed by atoms with Gasteiger partial charge in [-0.3, -0.25) is 14.4 Å². The predicted molar refractivity (Wildman–Crippen MR) is 123 cm³/mol. The number of esters is 1. The van der Waals surface area contributed by atoms with E-state index in [0.717, 1.165) is 18.4 Å². The summed E-state index contributed by atoms with van der Waals surface area (Å²) in [5, 5.41) is 68.7. The maximum atomic E-state index is 13.0. The van der Waals surface area contributed by atoms with Crippen LogP contribution in [0.5, 0.6) is 23.0 Å². The van der Waals surface area contributed by atoms with Crippen molar-refractivity contribution < 1.29 is 64.0 Å². The first kappa shape index (κ1) is 26.7. The van der Waals surface area contributed by atoms with Crippen LogP contribution in [0.3, 0.4) is 0 Å². The maximum Gasteiger partial charge on any atom is 0.317 e. The molecule has 4 rings (SSSR count). The topological polar surface area (TPSA) is 234 Å². The Labute approximate surface area is 212 Å². The summed E-state index contributed by atoms with van der Waals surface area (Å²) < 4.78 is 21.1. The van der Waals surface area contributed by atoms with Gasteiger partial charge in [0, 0.05) is 12.1 Å². The van der Waals surface area contributed by atoms with Crippen molar-refractivity contribution in [3.63, 3.8) is 0 Å². The van der Waals surface area contributed by atoms with Gasteiger partial charge in [0.25, 0.3) is 0 Å². The van der Waals surface area contributed by atoms with Crippen LogP contribution in [0.2, 0.25) is 0 Å². The Bertz CT molecular complexity index is 1430. The van der Waals surface area contributed by atoms with Gasteiger partial charge in [0.05, 0.1) is 5.56 Å². The molecular formula is C24H22O14. The van der Waals surface area contributed by atoms with Crippen molar-refractivity contribution in [3.8, 4) is 34.1 Å². The Morgan fingerprint density at radius 1 is 0.921 bits per heavy atom. The smallest absolute Gasteiger partial charge is 0.317 e. The summed E-state index contributed by atoms with van der Waals surface area (Å²) in [5.41, 5.74) is -0.629. The monoisotopic (exact) mass is 534 g/mol. The van der Waals surface area contributed by atoms with Gasteiger partial charge in [0.1, 0.15) is 66.2 Å². The van der Waals surface area contributed by atoms with E-state index in [-0.39, 0.29) is 27.8 Å². The highest BCUT2D eigenvalue weighted by atomic mass is 16.7. The second-order valence-corrected chi connectivity index (χ2v) is 8.38. The number of carbonyl (C=O) groups excluding carboxylic acids is 1. The number of fused-ring (bicyclic) bond motifs is 1. The SMILES string of the molecule is O=C(O)CC(=O)OCC1OC(Oc2cc(O)c3c(=O)c(-c4ccc(O)c(O)c4)coc3c2)C(O)C(O)C1O. The number of phenols is 3. The number of benzene rings is 2. The van der Waals surface area contributed by atoms with Gasteiger partial charge >= 0.3 is 11.9 Å². The molecule has 1 aliphatic rings. The number of aliphatic hydroxyl groups is 3. The molecule has 1 saturated heterocycles. The Morgan fingerprint density at radius 2 is 1.66 bits per heavy atom. The molecule has 38 heavy (non-hydrogen) atoms. The zero-order valence-corrected chi connectivity index (χ0v) is 19.3. The predicted octanol–water partition coefficient (Wildman–Crippen LogP) is -0.219. The minimum absolute atomic E-state index is 0.0276. The second-order valence-electron chi connectivity index (χ2n) is 8.38. The molecular weight excluding hydrogens is 512 g/mol. The van der Waals surface area contributed by atoms with Crippen molar-refractivity contribution >= 4 is 22.9 Å². The largest absolute Gasteiger partial charge is 0.507 e. The van der Waals surface area contributed by atoms with Crippen LogP contribution in [0.1, 0.15) is 6.42 Å². The average Bonchev–Trinajstić information content (AvgIpc) is 2.85. The van der Waals surface area contributed by atoms with E-state index >= 15 is 0 Å². The number of hydrogen-bond acceptors (Lipinski definition) is 13.